The van der Waals surface area contributed by atoms with E-state index in [0.29, 0.717) is 18.7 Å². The molecule has 0 bridgehead atoms. The Bertz CT molecular complexity index is 487. The molecule has 5 heteroatoms. The maximum atomic E-state index is 12.5. The van der Waals surface area contributed by atoms with Crippen molar-refractivity contribution in [2.24, 2.45) is 0 Å². The van der Waals surface area contributed by atoms with Crippen LogP contribution in [0.3, 0.4) is 0 Å². The molecule has 0 fully saturated rings. The summed E-state index contributed by atoms with van der Waals surface area (Å²) in [6.45, 7) is 4.98. The smallest absolute Gasteiger partial charge is 0.335 e. The zero-order chi connectivity index (χ0) is 15.8. The van der Waals surface area contributed by atoms with Crippen molar-refractivity contribution in [3.05, 3.63) is 35.4 Å². The molecule has 1 aromatic carbocycles. The van der Waals surface area contributed by atoms with E-state index in [0.717, 1.165) is 6.42 Å². The molecule has 1 atom stereocenters. The number of amides is 1. The fourth-order valence-electron chi connectivity index (χ4n) is 2.15. The molecule has 0 radical (unpaired) electrons. The first-order chi connectivity index (χ1) is 10.0. The van der Waals surface area contributed by atoms with Crippen molar-refractivity contribution >= 4 is 11.9 Å². The molecule has 0 saturated carbocycles. The third-order valence-corrected chi connectivity index (χ3v) is 3.57. The average molecular weight is 293 g/mol. The quantitative estimate of drug-likeness (QED) is 0.798. The van der Waals surface area contributed by atoms with E-state index in [4.69, 9.17) is 9.84 Å². The van der Waals surface area contributed by atoms with Gasteiger partial charge in [-0.1, -0.05) is 25.1 Å². The van der Waals surface area contributed by atoms with Gasteiger partial charge in [-0.25, -0.2) is 4.79 Å². The molecule has 0 spiro atoms. The molecule has 0 aliphatic heterocycles. The lowest BCUT2D eigenvalue weighted by molar-refractivity contribution is -0.133. The standard InChI is InChI=1S/C16H23NO4/c1-4-12(2)17(9-10-21-3)15(18)11-13-7-5-6-8-14(13)16(19)20/h5-8,12H,4,9-11H2,1-3H3,(H,19,20). The summed E-state index contributed by atoms with van der Waals surface area (Å²) < 4.78 is 5.04. The van der Waals surface area contributed by atoms with E-state index in [1.807, 2.05) is 13.8 Å². The Kier molecular flexibility index (Phi) is 6.88. The number of carboxylic acids is 1. The first kappa shape index (κ1) is 17.2. The fourth-order valence-corrected chi connectivity index (χ4v) is 2.15. The second-order valence-electron chi connectivity index (χ2n) is 4.98. The number of nitrogens with zero attached hydrogens (tertiary/aromatic N) is 1. The van der Waals surface area contributed by atoms with Crippen molar-refractivity contribution in [3.8, 4) is 0 Å². The molecule has 0 aromatic heterocycles. The zero-order valence-electron chi connectivity index (χ0n) is 12.8. The third-order valence-electron chi connectivity index (χ3n) is 3.57. The summed E-state index contributed by atoms with van der Waals surface area (Å²) in [4.78, 5) is 25.4. The number of ether oxygens (including phenoxy) is 1. The molecular weight excluding hydrogens is 270 g/mol. The topological polar surface area (TPSA) is 66.8 Å². The lowest BCUT2D eigenvalue weighted by atomic mass is 10.0. The minimum absolute atomic E-state index is 0.0740. The number of aromatic carboxylic acids is 1. The van der Waals surface area contributed by atoms with Crippen LogP contribution in [0.25, 0.3) is 0 Å². The summed E-state index contributed by atoms with van der Waals surface area (Å²) in [6.07, 6.45) is 0.937. The van der Waals surface area contributed by atoms with Gasteiger partial charge in [0.25, 0.3) is 0 Å². The summed E-state index contributed by atoms with van der Waals surface area (Å²) in [5.41, 5.74) is 0.724. The SMILES string of the molecule is CCC(C)N(CCOC)C(=O)Cc1ccccc1C(=O)O. The Morgan fingerprint density at radius 1 is 1.33 bits per heavy atom. The van der Waals surface area contributed by atoms with Crippen LogP contribution in [-0.4, -0.2) is 48.2 Å². The Morgan fingerprint density at radius 2 is 2.00 bits per heavy atom. The summed E-state index contributed by atoms with van der Waals surface area (Å²) in [6, 6.07) is 6.72. The molecule has 0 aliphatic rings. The van der Waals surface area contributed by atoms with Crippen molar-refractivity contribution in [3.63, 3.8) is 0 Å². The van der Waals surface area contributed by atoms with E-state index >= 15 is 0 Å². The highest BCUT2D eigenvalue weighted by atomic mass is 16.5. The molecule has 0 saturated heterocycles. The van der Waals surface area contributed by atoms with Gasteiger partial charge in [-0.3, -0.25) is 4.79 Å². The fraction of sp³-hybridized carbons (Fsp3) is 0.500. The van der Waals surface area contributed by atoms with Gasteiger partial charge in [0.05, 0.1) is 18.6 Å². The third kappa shape index (κ3) is 4.86. The number of carbonyl (C=O) groups is 2. The van der Waals surface area contributed by atoms with E-state index < -0.39 is 5.97 Å². The molecule has 116 valence electrons. The Morgan fingerprint density at radius 3 is 2.57 bits per heavy atom. The Labute approximate surface area is 125 Å². The van der Waals surface area contributed by atoms with Crippen molar-refractivity contribution in [2.75, 3.05) is 20.3 Å². The van der Waals surface area contributed by atoms with E-state index in [1.54, 1.807) is 30.2 Å². The molecule has 1 rings (SSSR count). The summed E-state index contributed by atoms with van der Waals surface area (Å²) in [5.74, 6) is -1.08. The minimum Gasteiger partial charge on any atom is -0.478 e. The van der Waals surface area contributed by atoms with Crippen LogP contribution in [0.2, 0.25) is 0 Å². The highest BCUT2D eigenvalue weighted by molar-refractivity contribution is 5.91. The maximum absolute atomic E-state index is 12.5. The zero-order valence-corrected chi connectivity index (χ0v) is 12.8. The van der Waals surface area contributed by atoms with Gasteiger partial charge < -0.3 is 14.7 Å². The van der Waals surface area contributed by atoms with Crippen LogP contribution in [-0.2, 0) is 16.0 Å². The number of carboxylic acid groups (broad SMARTS) is 1. The maximum Gasteiger partial charge on any atom is 0.335 e. The van der Waals surface area contributed by atoms with Crippen LogP contribution in [0, 0.1) is 0 Å². The predicted octanol–water partition coefficient (Wildman–Crippen LogP) is 2.20. The van der Waals surface area contributed by atoms with Crippen molar-refractivity contribution in [2.45, 2.75) is 32.7 Å². The first-order valence-electron chi connectivity index (χ1n) is 7.10. The Hall–Kier alpha value is -1.88. The van der Waals surface area contributed by atoms with Crippen LogP contribution in [0.1, 0.15) is 36.2 Å². The molecule has 5 nitrogen and oxygen atoms in total. The van der Waals surface area contributed by atoms with E-state index in [2.05, 4.69) is 0 Å². The van der Waals surface area contributed by atoms with Gasteiger partial charge in [-0.05, 0) is 25.0 Å². The molecular formula is C16H23NO4. The van der Waals surface area contributed by atoms with Crippen molar-refractivity contribution in [1.29, 1.82) is 0 Å². The van der Waals surface area contributed by atoms with E-state index in [1.165, 1.54) is 6.07 Å². The number of carbonyl (C=O) groups excluding carboxylic acids is 1. The molecule has 0 heterocycles. The molecule has 1 aromatic rings. The normalized spacial score (nSPS) is 12.0. The van der Waals surface area contributed by atoms with Gasteiger partial charge in [-0.15, -0.1) is 0 Å². The summed E-state index contributed by atoms with van der Waals surface area (Å²) in [7, 11) is 1.60. The highest BCUT2D eigenvalue weighted by Gasteiger charge is 2.20. The summed E-state index contributed by atoms with van der Waals surface area (Å²) >= 11 is 0. The Balaban J connectivity index is 2.88. The predicted molar refractivity (Wildman–Crippen MR) is 80.4 cm³/mol. The number of methoxy groups -OCH3 is 1. The van der Waals surface area contributed by atoms with Gasteiger partial charge in [0.15, 0.2) is 0 Å². The summed E-state index contributed by atoms with van der Waals surface area (Å²) in [5, 5.41) is 9.17. The second-order valence-corrected chi connectivity index (χ2v) is 4.98. The van der Waals surface area contributed by atoms with Gasteiger partial charge in [0.1, 0.15) is 0 Å². The van der Waals surface area contributed by atoms with E-state index in [-0.39, 0.29) is 23.9 Å². The van der Waals surface area contributed by atoms with Crippen LogP contribution in [0.5, 0.6) is 0 Å². The second kappa shape index (κ2) is 8.42. The number of hydrogen-bond donors (Lipinski definition) is 1. The lowest BCUT2D eigenvalue weighted by Crippen LogP contribution is -2.41. The molecule has 1 unspecified atom stereocenters. The molecule has 21 heavy (non-hydrogen) atoms. The molecule has 1 amide bonds. The average Bonchev–Trinajstić information content (AvgIpc) is 2.47. The van der Waals surface area contributed by atoms with Gasteiger partial charge >= 0.3 is 5.97 Å². The van der Waals surface area contributed by atoms with Crippen LogP contribution < -0.4 is 0 Å². The van der Waals surface area contributed by atoms with Gasteiger partial charge in [-0.2, -0.15) is 0 Å². The van der Waals surface area contributed by atoms with Crippen LogP contribution in [0.4, 0.5) is 0 Å². The van der Waals surface area contributed by atoms with Gasteiger partial charge in [0, 0.05) is 19.7 Å². The van der Waals surface area contributed by atoms with Gasteiger partial charge in [0.2, 0.25) is 5.91 Å². The van der Waals surface area contributed by atoms with Crippen molar-refractivity contribution < 1.29 is 19.4 Å². The van der Waals surface area contributed by atoms with Crippen molar-refractivity contribution in [1.82, 2.24) is 4.90 Å². The lowest BCUT2D eigenvalue weighted by Gasteiger charge is -2.28. The molecule has 0 aliphatic carbocycles. The minimum atomic E-state index is -1.01. The largest absolute Gasteiger partial charge is 0.478 e. The van der Waals surface area contributed by atoms with E-state index in [9.17, 15) is 9.59 Å². The molecule has 1 N–H and O–H groups in total. The van der Waals surface area contributed by atoms with Crippen LogP contribution in [0.15, 0.2) is 24.3 Å². The monoisotopic (exact) mass is 293 g/mol. The van der Waals surface area contributed by atoms with Crippen LogP contribution >= 0.6 is 0 Å². The number of benzene rings is 1. The number of hydrogen-bond acceptors (Lipinski definition) is 3. The number of rotatable bonds is 8. The highest BCUT2D eigenvalue weighted by Crippen LogP contribution is 2.13. The first-order valence-corrected chi connectivity index (χ1v) is 7.10.